The van der Waals surface area contributed by atoms with Crippen molar-refractivity contribution in [3.8, 4) is 0 Å². The zero-order valence-corrected chi connectivity index (χ0v) is 14.4. The normalized spacial score (nSPS) is 21.8. The highest BCUT2D eigenvalue weighted by Gasteiger charge is 2.24. The molecule has 134 valence electrons. The molecule has 2 aliphatic rings. The summed E-state index contributed by atoms with van der Waals surface area (Å²) in [5.41, 5.74) is 2.81. The van der Waals surface area contributed by atoms with E-state index in [1.165, 1.54) is 18.4 Å². The Hall–Kier alpha value is -2.15. The predicted molar refractivity (Wildman–Crippen MR) is 94.0 cm³/mol. The Morgan fingerprint density at radius 2 is 2.04 bits per heavy atom. The topological polar surface area (TPSA) is 83.3 Å². The monoisotopic (exact) mass is 343 g/mol. The fourth-order valence-electron chi connectivity index (χ4n) is 3.95. The van der Waals surface area contributed by atoms with Crippen molar-refractivity contribution in [2.45, 2.75) is 44.7 Å². The first kappa shape index (κ1) is 16.3. The van der Waals surface area contributed by atoms with Gasteiger partial charge in [0.2, 0.25) is 0 Å². The average molecular weight is 343 g/mol. The molecule has 2 heterocycles. The Morgan fingerprint density at radius 3 is 2.92 bits per heavy atom. The summed E-state index contributed by atoms with van der Waals surface area (Å²) >= 11 is 0. The predicted octanol–water partition coefficient (Wildman–Crippen LogP) is 2.29. The van der Waals surface area contributed by atoms with Gasteiger partial charge >= 0.3 is 6.03 Å². The second-order valence-electron chi connectivity index (χ2n) is 7.31. The van der Waals surface area contributed by atoms with E-state index in [0.29, 0.717) is 12.0 Å². The number of carbonyl (C=O) groups excluding carboxylic acids is 1. The van der Waals surface area contributed by atoms with Gasteiger partial charge in [-0.25, -0.2) is 9.42 Å². The molecule has 1 aliphatic carbocycles. The lowest BCUT2D eigenvalue weighted by Crippen LogP contribution is -2.42. The summed E-state index contributed by atoms with van der Waals surface area (Å²) in [6.45, 7) is 3.72. The highest BCUT2D eigenvalue weighted by atomic mass is 16.6. The van der Waals surface area contributed by atoms with Gasteiger partial charge in [0.1, 0.15) is 11.0 Å². The van der Waals surface area contributed by atoms with E-state index in [2.05, 4.69) is 31.9 Å². The molecule has 0 radical (unpaired) electrons. The van der Waals surface area contributed by atoms with Crippen LogP contribution in [0, 0.1) is 5.92 Å². The molecule has 25 heavy (non-hydrogen) atoms. The third-order valence-corrected chi connectivity index (χ3v) is 5.34. The van der Waals surface area contributed by atoms with E-state index in [9.17, 15) is 4.79 Å². The van der Waals surface area contributed by atoms with E-state index in [1.54, 1.807) is 0 Å². The van der Waals surface area contributed by atoms with E-state index in [0.717, 1.165) is 56.5 Å². The SMILES string of the molecule is O=C(NCC1CCN(Cc2ccc3nonc3c2)C1)NC1CCCC1. The summed E-state index contributed by atoms with van der Waals surface area (Å²) in [6.07, 6.45) is 5.83. The lowest BCUT2D eigenvalue weighted by Gasteiger charge is -2.17. The number of fused-ring (bicyclic) bond motifs is 1. The molecular formula is C18H25N5O2. The van der Waals surface area contributed by atoms with Gasteiger partial charge in [-0.3, -0.25) is 4.90 Å². The maximum absolute atomic E-state index is 12.0. The second kappa shape index (κ2) is 7.39. The first-order valence-electron chi connectivity index (χ1n) is 9.24. The number of nitrogens with zero attached hydrogens (tertiary/aromatic N) is 3. The van der Waals surface area contributed by atoms with Crippen LogP contribution in [-0.2, 0) is 6.54 Å². The zero-order chi connectivity index (χ0) is 17.1. The van der Waals surface area contributed by atoms with Crippen molar-refractivity contribution in [1.82, 2.24) is 25.8 Å². The van der Waals surface area contributed by atoms with E-state index in [1.807, 2.05) is 12.1 Å². The minimum Gasteiger partial charge on any atom is -0.338 e. The Labute approximate surface area is 147 Å². The standard InChI is InChI=1S/C18H25N5O2/c24-18(20-15-3-1-2-4-15)19-10-14-7-8-23(12-14)11-13-5-6-16-17(9-13)22-25-21-16/h5-6,9,14-15H,1-4,7-8,10-12H2,(H2,19,20,24). The number of urea groups is 1. The van der Waals surface area contributed by atoms with Crippen LogP contribution in [0.5, 0.6) is 0 Å². The van der Waals surface area contributed by atoms with Gasteiger partial charge in [0.15, 0.2) is 0 Å². The van der Waals surface area contributed by atoms with Crippen LogP contribution in [0.15, 0.2) is 22.8 Å². The molecule has 1 saturated heterocycles. The average Bonchev–Trinajstić information content (AvgIpc) is 3.34. The Morgan fingerprint density at radius 1 is 1.20 bits per heavy atom. The van der Waals surface area contributed by atoms with Crippen LogP contribution in [-0.4, -0.2) is 46.9 Å². The van der Waals surface area contributed by atoms with Gasteiger partial charge < -0.3 is 10.6 Å². The molecule has 0 bridgehead atoms. The summed E-state index contributed by atoms with van der Waals surface area (Å²) in [5, 5.41) is 13.9. The maximum atomic E-state index is 12.0. The number of nitrogens with one attached hydrogen (secondary N) is 2. The highest BCUT2D eigenvalue weighted by Crippen LogP contribution is 2.20. The molecule has 2 aromatic rings. The quantitative estimate of drug-likeness (QED) is 0.870. The number of likely N-dealkylation sites (tertiary alicyclic amines) is 1. The van der Waals surface area contributed by atoms with Crippen LogP contribution in [0.2, 0.25) is 0 Å². The lowest BCUT2D eigenvalue weighted by atomic mass is 10.1. The summed E-state index contributed by atoms with van der Waals surface area (Å²) in [7, 11) is 0. The largest absolute Gasteiger partial charge is 0.338 e. The lowest BCUT2D eigenvalue weighted by molar-refractivity contribution is 0.234. The first-order valence-corrected chi connectivity index (χ1v) is 9.24. The van der Waals surface area contributed by atoms with E-state index in [-0.39, 0.29) is 6.03 Å². The number of benzene rings is 1. The van der Waals surface area contributed by atoms with Crippen LogP contribution in [0.4, 0.5) is 4.79 Å². The molecule has 1 atom stereocenters. The van der Waals surface area contributed by atoms with Gasteiger partial charge in [-0.15, -0.1) is 0 Å². The van der Waals surface area contributed by atoms with Crippen molar-refractivity contribution >= 4 is 17.1 Å². The number of hydrogen-bond donors (Lipinski definition) is 2. The molecule has 4 rings (SSSR count). The fourth-order valence-corrected chi connectivity index (χ4v) is 3.95. The third-order valence-electron chi connectivity index (χ3n) is 5.34. The van der Waals surface area contributed by atoms with Crippen molar-refractivity contribution < 1.29 is 9.42 Å². The number of rotatable bonds is 5. The molecule has 1 saturated carbocycles. The van der Waals surface area contributed by atoms with E-state index >= 15 is 0 Å². The van der Waals surface area contributed by atoms with Crippen LogP contribution in [0.1, 0.15) is 37.7 Å². The van der Waals surface area contributed by atoms with Crippen LogP contribution in [0.3, 0.4) is 0 Å². The third kappa shape index (κ3) is 4.10. The maximum Gasteiger partial charge on any atom is 0.315 e. The van der Waals surface area contributed by atoms with Crippen molar-refractivity contribution in [1.29, 1.82) is 0 Å². The van der Waals surface area contributed by atoms with Crippen molar-refractivity contribution in [2.24, 2.45) is 5.92 Å². The Kier molecular flexibility index (Phi) is 4.83. The fraction of sp³-hybridized carbons (Fsp3) is 0.611. The van der Waals surface area contributed by atoms with E-state index in [4.69, 9.17) is 4.63 Å². The van der Waals surface area contributed by atoms with Crippen molar-refractivity contribution in [3.05, 3.63) is 23.8 Å². The summed E-state index contributed by atoms with van der Waals surface area (Å²) in [6, 6.07) is 6.43. The number of carbonyl (C=O) groups is 1. The van der Waals surface area contributed by atoms with Gasteiger partial charge in [-0.1, -0.05) is 18.9 Å². The van der Waals surface area contributed by atoms with Gasteiger partial charge in [-0.05, 0) is 59.7 Å². The molecule has 1 aromatic heterocycles. The minimum atomic E-state index is -0.00525. The minimum absolute atomic E-state index is 0.00525. The molecule has 1 aliphatic heterocycles. The smallest absolute Gasteiger partial charge is 0.315 e. The Bertz CT molecular complexity index is 725. The molecular weight excluding hydrogens is 318 g/mol. The molecule has 1 aromatic carbocycles. The van der Waals surface area contributed by atoms with Crippen LogP contribution < -0.4 is 10.6 Å². The van der Waals surface area contributed by atoms with Gasteiger partial charge in [0.25, 0.3) is 0 Å². The number of aromatic nitrogens is 2. The highest BCUT2D eigenvalue weighted by molar-refractivity contribution is 5.74. The molecule has 2 fully saturated rings. The van der Waals surface area contributed by atoms with E-state index < -0.39 is 0 Å². The summed E-state index contributed by atoms with van der Waals surface area (Å²) in [4.78, 5) is 14.4. The van der Waals surface area contributed by atoms with Crippen molar-refractivity contribution in [2.75, 3.05) is 19.6 Å². The second-order valence-corrected chi connectivity index (χ2v) is 7.31. The van der Waals surface area contributed by atoms with Gasteiger partial charge in [0, 0.05) is 25.7 Å². The molecule has 0 spiro atoms. The Balaban J connectivity index is 1.21. The molecule has 2 amide bonds. The van der Waals surface area contributed by atoms with Crippen molar-refractivity contribution in [3.63, 3.8) is 0 Å². The first-order chi connectivity index (χ1) is 12.3. The molecule has 7 nitrogen and oxygen atoms in total. The van der Waals surface area contributed by atoms with Gasteiger partial charge in [-0.2, -0.15) is 0 Å². The van der Waals surface area contributed by atoms with Crippen LogP contribution in [0.25, 0.3) is 11.0 Å². The number of amides is 2. The molecule has 7 heteroatoms. The molecule has 2 N–H and O–H groups in total. The summed E-state index contributed by atoms with van der Waals surface area (Å²) in [5.74, 6) is 0.520. The molecule has 1 unspecified atom stereocenters. The summed E-state index contributed by atoms with van der Waals surface area (Å²) < 4.78 is 4.75. The van der Waals surface area contributed by atoms with Crippen LogP contribution >= 0.6 is 0 Å². The zero-order valence-electron chi connectivity index (χ0n) is 14.4. The number of hydrogen-bond acceptors (Lipinski definition) is 5. The van der Waals surface area contributed by atoms with Gasteiger partial charge in [0.05, 0.1) is 0 Å².